The molecule has 1 saturated heterocycles. The van der Waals surface area contributed by atoms with Crippen molar-refractivity contribution >= 4 is 15.7 Å². The molecular weight excluding hydrogens is 350 g/mol. The second-order valence-electron chi connectivity index (χ2n) is 6.38. The molecule has 1 heterocycles. The van der Waals surface area contributed by atoms with Crippen LogP contribution in [-0.4, -0.2) is 45.4 Å². The summed E-state index contributed by atoms with van der Waals surface area (Å²) in [5.74, 6) is -0.881. The predicted octanol–water partition coefficient (Wildman–Crippen LogP) is 1.01. The SMILES string of the molecule is Cc1ccccc1S(=O)(=O)C(C(N)=O)(c1ccccc1)N1CCNCC1. The van der Waals surface area contributed by atoms with Crippen molar-refractivity contribution in [2.45, 2.75) is 16.7 Å². The summed E-state index contributed by atoms with van der Waals surface area (Å²) in [6, 6.07) is 15.2. The van der Waals surface area contributed by atoms with Crippen LogP contribution in [0.2, 0.25) is 0 Å². The number of rotatable bonds is 5. The Kier molecular flexibility index (Phi) is 5.13. The Morgan fingerprint density at radius 3 is 2.19 bits per heavy atom. The fourth-order valence-electron chi connectivity index (χ4n) is 3.60. The van der Waals surface area contributed by atoms with E-state index in [1.54, 1.807) is 60.4 Å². The van der Waals surface area contributed by atoms with Crippen molar-refractivity contribution in [1.82, 2.24) is 10.2 Å². The largest absolute Gasteiger partial charge is 0.367 e. The van der Waals surface area contributed by atoms with Crippen LogP contribution >= 0.6 is 0 Å². The molecule has 6 nitrogen and oxygen atoms in total. The van der Waals surface area contributed by atoms with Crippen molar-refractivity contribution in [1.29, 1.82) is 0 Å². The summed E-state index contributed by atoms with van der Waals surface area (Å²) in [6.07, 6.45) is 0. The topological polar surface area (TPSA) is 92.5 Å². The highest BCUT2D eigenvalue weighted by molar-refractivity contribution is 7.93. The van der Waals surface area contributed by atoms with E-state index in [1.165, 1.54) is 6.07 Å². The molecule has 1 aliphatic rings. The molecule has 0 bridgehead atoms. The van der Waals surface area contributed by atoms with E-state index < -0.39 is 20.6 Å². The van der Waals surface area contributed by atoms with Gasteiger partial charge in [-0.15, -0.1) is 0 Å². The maximum atomic E-state index is 13.9. The number of primary amides is 1. The van der Waals surface area contributed by atoms with Crippen LogP contribution in [0.1, 0.15) is 11.1 Å². The van der Waals surface area contributed by atoms with Crippen molar-refractivity contribution in [2.75, 3.05) is 26.2 Å². The summed E-state index contributed by atoms with van der Waals surface area (Å²) < 4.78 is 27.7. The molecule has 1 fully saturated rings. The first-order valence-corrected chi connectivity index (χ1v) is 10.0. The number of piperazine rings is 1. The lowest BCUT2D eigenvalue weighted by molar-refractivity contribution is -0.126. The number of hydrogen-bond donors (Lipinski definition) is 2. The maximum absolute atomic E-state index is 13.9. The van der Waals surface area contributed by atoms with Gasteiger partial charge in [-0.05, 0) is 24.1 Å². The normalized spacial score (nSPS) is 18.2. The molecule has 1 atom stereocenters. The molecule has 1 unspecified atom stereocenters. The minimum Gasteiger partial charge on any atom is -0.367 e. The molecule has 1 amide bonds. The summed E-state index contributed by atoms with van der Waals surface area (Å²) in [6.45, 7) is 3.71. The molecule has 0 radical (unpaired) electrons. The molecule has 1 aliphatic heterocycles. The van der Waals surface area contributed by atoms with Crippen molar-refractivity contribution in [3.05, 3.63) is 65.7 Å². The summed E-state index contributed by atoms with van der Waals surface area (Å²) in [5.41, 5.74) is 6.79. The number of nitrogens with two attached hydrogens (primary N) is 1. The Morgan fingerprint density at radius 2 is 1.62 bits per heavy atom. The van der Waals surface area contributed by atoms with Gasteiger partial charge in [-0.2, -0.15) is 0 Å². The number of carbonyl (C=O) groups is 1. The molecule has 2 aromatic carbocycles. The Balaban J connectivity index is 2.33. The Hall–Kier alpha value is -2.22. The second kappa shape index (κ2) is 7.19. The molecule has 0 aromatic heterocycles. The van der Waals surface area contributed by atoms with Gasteiger partial charge in [-0.25, -0.2) is 8.42 Å². The van der Waals surface area contributed by atoms with Crippen molar-refractivity contribution < 1.29 is 13.2 Å². The molecule has 138 valence electrons. The number of nitrogens with one attached hydrogen (secondary N) is 1. The van der Waals surface area contributed by atoms with Gasteiger partial charge in [-0.3, -0.25) is 9.69 Å². The number of benzene rings is 2. The van der Waals surface area contributed by atoms with Gasteiger partial charge in [0.2, 0.25) is 14.7 Å². The third-order valence-corrected chi connectivity index (χ3v) is 7.34. The van der Waals surface area contributed by atoms with Gasteiger partial charge >= 0.3 is 0 Å². The van der Waals surface area contributed by atoms with Gasteiger partial charge in [0.15, 0.2) is 0 Å². The van der Waals surface area contributed by atoms with Crippen LogP contribution < -0.4 is 11.1 Å². The highest BCUT2D eigenvalue weighted by Crippen LogP contribution is 2.40. The number of amides is 1. The third-order valence-electron chi connectivity index (χ3n) is 4.83. The van der Waals surface area contributed by atoms with E-state index in [2.05, 4.69) is 5.32 Å². The smallest absolute Gasteiger partial charge is 0.258 e. The third kappa shape index (κ3) is 2.82. The molecule has 7 heteroatoms. The number of sulfone groups is 1. The average molecular weight is 373 g/mol. The molecule has 3 rings (SSSR count). The summed E-state index contributed by atoms with van der Waals surface area (Å²) in [7, 11) is -4.12. The van der Waals surface area contributed by atoms with Crippen LogP contribution in [0.3, 0.4) is 0 Å². The van der Waals surface area contributed by atoms with E-state index in [9.17, 15) is 13.2 Å². The minimum absolute atomic E-state index is 0.126. The Bertz CT molecular complexity index is 893. The standard InChI is InChI=1S/C19H23N3O3S/c1-15-7-5-6-10-17(15)26(24,25)19(18(20)23,16-8-3-2-4-9-16)22-13-11-21-12-14-22/h2-10,21H,11-14H2,1H3,(H2,20,23). The molecule has 2 aromatic rings. The van der Waals surface area contributed by atoms with Crippen LogP contribution in [0.15, 0.2) is 59.5 Å². The molecule has 0 aliphatic carbocycles. The highest BCUT2D eigenvalue weighted by Gasteiger charge is 2.56. The van der Waals surface area contributed by atoms with Crippen LogP contribution in [0, 0.1) is 6.92 Å². The highest BCUT2D eigenvalue weighted by atomic mass is 32.2. The first kappa shape index (κ1) is 18.6. The molecule has 26 heavy (non-hydrogen) atoms. The minimum atomic E-state index is -4.12. The van der Waals surface area contributed by atoms with E-state index in [1.807, 2.05) is 0 Å². The fourth-order valence-corrected chi connectivity index (χ4v) is 5.90. The quantitative estimate of drug-likeness (QED) is 0.816. The average Bonchev–Trinajstić information content (AvgIpc) is 2.64. The first-order valence-electron chi connectivity index (χ1n) is 8.54. The number of nitrogens with zero attached hydrogens (tertiary/aromatic N) is 1. The van der Waals surface area contributed by atoms with E-state index in [4.69, 9.17) is 5.73 Å². The van der Waals surface area contributed by atoms with Gasteiger partial charge in [0, 0.05) is 26.2 Å². The van der Waals surface area contributed by atoms with Crippen LogP contribution in [0.5, 0.6) is 0 Å². The van der Waals surface area contributed by atoms with Crippen molar-refractivity contribution in [2.24, 2.45) is 5.73 Å². The van der Waals surface area contributed by atoms with E-state index in [0.29, 0.717) is 37.3 Å². The van der Waals surface area contributed by atoms with E-state index >= 15 is 0 Å². The van der Waals surface area contributed by atoms with Gasteiger partial charge in [-0.1, -0.05) is 48.5 Å². The fraction of sp³-hybridized carbons (Fsp3) is 0.316. The number of carbonyl (C=O) groups excluding carboxylic acids is 1. The zero-order chi connectivity index (χ0) is 18.8. The van der Waals surface area contributed by atoms with Crippen LogP contribution in [-0.2, 0) is 19.5 Å². The van der Waals surface area contributed by atoms with Gasteiger partial charge in [0.1, 0.15) is 0 Å². The van der Waals surface area contributed by atoms with Crippen molar-refractivity contribution in [3.63, 3.8) is 0 Å². The summed E-state index contributed by atoms with van der Waals surface area (Å²) in [4.78, 5) is 12.7. The zero-order valence-electron chi connectivity index (χ0n) is 14.7. The van der Waals surface area contributed by atoms with E-state index in [-0.39, 0.29) is 4.90 Å². The first-order chi connectivity index (χ1) is 12.4. The Morgan fingerprint density at radius 1 is 1.04 bits per heavy atom. The number of hydrogen-bond acceptors (Lipinski definition) is 5. The molecular formula is C19H23N3O3S. The monoisotopic (exact) mass is 373 g/mol. The van der Waals surface area contributed by atoms with Crippen LogP contribution in [0.25, 0.3) is 0 Å². The van der Waals surface area contributed by atoms with Gasteiger partial charge in [0.05, 0.1) is 4.90 Å². The predicted molar refractivity (Wildman–Crippen MR) is 100 cm³/mol. The Labute approximate surface area is 153 Å². The summed E-state index contributed by atoms with van der Waals surface area (Å²) in [5, 5.41) is 3.19. The van der Waals surface area contributed by atoms with Crippen LogP contribution in [0.4, 0.5) is 0 Å². The van der Waals surface area contributed by atoms with Gasteiger partial charge in [0.25, 0.3) is 5.91 Å². The van der Waals surface area contributed by atoms with Gasteiger partial charge < -0.3 is 11.1 Å². The number of aryl methyl sites for hydroxylation is 1. The maximum Gasteiger partial charge on any atom is 0.258 e. The second-order valence-corrected chi connectivity index (χ2v) is 8.42. The molecule has 0 spiro atoms. The van der Waals surface area contributed by atoms with E-state index in [0.717, 1.165) is 0 Å². The summed E-state index contributed by atoms with van der Waals surface area (Å²) >= 11 is 0. The molecule has 3 N–H and O–H groups in total. The van der Waals surface area contributed by atoms with Crippen molar-refractivity contribution in [3.8, 4) is 0 Å². The zero-order valence-corrected chi connectivity index (χ0v) is 15.5. The lowest BCUT2D eigenvalue weighted by Crippen LogP contribution is -2.63. The lowest BCUT2D eigenvalue weighted by Gasteiger charge is -2.43. The molecule has 0 saturated carbocycles. The lowest BCUT2D eigenvalue weighted by atomic mass is 10.0.